The van der Waals surface area contributed by atoms with Crippen molar-refractivity contribution in [3.05, 3.63) is 0 Å². The van der Waals surface area contributed by atoms with E-state index < -0.39 is 11.3 Å². The van der Waals surface area contributed by atoms with Crippen LogP contribution >= 0.6 is 0 Å². The molecule has 4 aliphatic rings. The zero-order valence-electron chi connectivity index (χ0n) is 15.0. The summed E-state index contributed by atoms with van der Waals surface area (Å²) < 4.78 is 21.4. The molecule has 0 aromatic heterocycles. The summed E-state index contributed by atoms with van der Waals surface area (Å²) in [6, 6.07) is 0. The largest absolute Gasteiger partial charge is 0.387 e. The van der Waals surface area contributed by atoms with Gasteiger partial charge < -0.3 is 9.84 Å². The van der Waals surface area contributed by atoms with Crippen LogP contribution in [0.3, 0.4) is 0 Å². The van der Waals surface area contributed by atoms with Crippen LogP contribution in [0, 0.1) is 29.1 Å². The van der Waals surface area contributed by atoms with Gasteiger partial charge in [0.15, 0.2) is 0 Å². The number of hydrogen-bond donors (Lipinski definition) is 1. The van der Waals surface area contributed by atoms with Crippen molar-refractivity contribution in [3.8, 4) is 0 Å². The van der Waals surface area contributed by atoms with Gasteiger partial charge in [-0.05, 0) is 75.0 Å². The summed E-state index contributed by atoms with van der Waals surface area (Å²) in [6.07, 6.45) is 6.72. The first kappa shape index (κ1) is 17.0. The lowest BCUT2D eigenvalue weighted by Gasteiger charge is -2.58. The summed E-state index contributed by atoms with van der Waals surface area (Å²) >= 11 is 0. The van der Waals surface area contributed by atoms with Crippen LogP contribution in [-0.2, 0) is 9.53 Å². The second-order valence-electron chi connectivity index (χ2n) is 9.36. The van der Waals surface area contributed by atoms with Crippen molar-refractivity contribution in [2.45, 2.75) is 76.0 Å². The van der Waals surface area contributed by atoms with Crippen molar-refractivity contribution in [3.63, 3.8) is 0 Å². The number of ketones is 1. The Labute approximate surface area is 144 Å². The quantitative estimate of drug-likeness (QED) is 0.835. The minimum atomic E-state index is -1.14. The Hall–Kier alpha value is -0.480. The van der Waals surface area contributed by atoms with Crippen molar-refractivity contribution in [2.24, 2.45) is 29.1 Å². The molecule has 0 aromatic carbocycles. The maximum atomic E-state index is 16.2. The van der Waals surface area contributed by atoms with E-state index in [0.717, 1.165) is 32.1 Å². The van der Waals surface area contributed by atoms with Gasteiger partial charge in [-0.1, -0.05) is 6.92 Å². The number of carbonyl (C=O) groups is 1. The summed E-state index contributed by atoms with van der Waals surface area (Å²) in [5.41, 5.74) is -2.18. The van der Waals surface area contributed by atoms with Gasteiger partial charge in [0.25, 0.3) is 0 Å². The summed E-state index contributed by atoms with van der Waals surface area (Å²) in [7, 11) is 1.60. The maximum Gasteiger partial charge on any atom is 0.139 e. The number of fused-ring (bicyclic) bond motifs is 5. The molecular formula is C20H31FO3. The molecule has 0 spiro atoms. The highest BCUT2D eigenvalue weighted by atomic mass is 19.1. The molecule has 4 fully saturated rings. The zero-order valence-corrected chi connectivity index (χ0v) is 15.0. The van der Waals surface area contributed by atoms with E-state index in [1.807, 2.05) is 0 Å². The van der Waals surface area contributed by atoms with Crippen LogP contribution < -0.4 is 0 Å². The molecule has 0 saturated heterocycles. The molecule has 2 unspecified atom stereocenters. The topological polar surface area (TPSA) is 46.5 Å². The van der Waals surface area contributed by atoms with E-state index in [2.05, 4.69) is 6.92 Å². The zero-order chi connectivity index (χ0) is 17.2. The Kier molecular flexibility index (Phi) is 3.89. The molecule has 0 amide bonds. The maximum absolute atomic E-state index is 16.2. The van der Waals surface area contributed by atoms with Gasteiger partial charge in [0.2, 0.25) is 0 Å². The molecule has 7 atom stereocenters. The number of Topliss-reactive ketones (excluding diaryl/α,β-unsaturated/α-hetero) is 1. The molecule has 136 valence electrons. The van der Waals surface area contributed by atoms with E-state index >= 15 is 4.39 Å². The highest BCUT2D eigenvalue weighted by Gasteiger charge is 2.63. The van der Waals surface area contributed by atoms with E-state index in [1.54, 1.807) is 7.11 Å². The molecule has 0 aromatic rings. The number of halogens is 1. The lowest BCUT2D eigenvalue weighted by Crippen LogP contribution is -2.59. The molecule has 4 rings (SSSR count). The monoisotopic (exact) mass is 338 g/mol. The first-order valence-corrected chi connectivity index (χ1v) is 9.76. The number of rotatable bonds is 2. The van der Waals surface area contributed by atoms with E-state index in [9.17, 15) is 9.90 Å². The van der Waals surface area contributed by atoms with Crippen molar-refractivity contribution >= 4 is 5.78 Å². The van der Waals surface area contributed by atoms with Gasteiger partial charge >= 0.3 is 0 Å². The third-order valence-corrected chi connectivity index (χ3v) is 8.30. The van der Waals surface area contributed by atoms with Gasteiger partial charge in [-0.25, -0.2) is 4.39 Å². The molecule has 4 saturated carbocycles. The Morgan fingerprint density at radius 1 is 1.17 bits per heavy atom. The summed E-state index contributed by atoms with van der Waals surface area (Å²) in [4.78, 5) is 12.4. The molecule has 0 bridgehead atoms. The molecule has 24 heavy (non-hydrogen) atoms. The third-order valence-electron chi connectivity index (χ3n) is 8.30. The Balaban J connectivity index is 1.58. The molecule has 3 nitrogen and oxygen atoms in total. The van der Waals surface area contributed by atoms with Crippen LogP contribution in [0.25, 0.3) is 0 Å². The average molecular weight is 338 g/mol. The second-order valence-corrected chi connectivity index (χ2v) is 9.36. The molecule has 0 radical (unpaired) electrons. The smallest absolute Gasteiger partial charge is 0.139 e. The van der Waals surface area contributed by atoms with Crippen LogP contribution in [0.4, 0.5) is 4.39 Å². The lowest BCUT2D eigenvalue weighted by atomic mass is 9.48. The number of aliphatic hydroxyl groups is 1. The minimum absolute atomic E-state index is 0.0471. The van der Waals surface area contributed by atoms with Crippen LogP contribution in [0.2, 0.25) is 0 Å². The van der Waals surface area contributed by atoms with Crippen LogP contribution in [0.1, 0.15) is 64.7 Å². The fraction of sp³-hybridized carbons (Fsp3) is 0.950. The van der Waals surface area contributed by atoms with E-state index in [-0.39, 0.29) is 17.3 Å². The van der Waals surface area contributed by atoms with Crippen LogP contribution in [-0.4, -0.2) is 35.9 Å². The van der Waals surface area contributed by atoms with Crippen LogP contribution in [0.5, 0.6) is 0 Å². The molecule has 1 N–H and O–H groups in total. The van der Waals surface area contributed by atoms with Gasteiger partial charge in [0.1, 0.15) is 11.5 Å². The SMILES string of the molecule is COC[C@@]1(O)CC[C@]2(F)C3CC[C@]4(C)C(=O)CCC4[C@@H]3CC[C@@H]2C1. The van der Waals surface area contributed by atoms with E-state index in [1.165, 1.54) is 0 Å². The number of alkyl halides is 1. The standard InChI is InChI=1S/C20H31FO3/c1-18-8-7-16-14(15(18)5-6-17(18)22)4-3-13-11-19(23,12-24-2)9-10-20(13,16)21/h13-16,23H,3-12H2,1-2H3/t13-,14+,15?,16?,18+,19-,20-/m1/s1. The first-order valence-electron chi connectivity index (χ1n) is 9.76. The normalized spacial score (nSPS) is 54.1. The minimum Gasteiger partial charge on any atom is -0.387 e. The van der Waals surface area contributed by atoms with E-state index in [0.29, 0.717) is 49.9 Å². The molecule has 0 heterocycles. The van der Waals surface area contributed by atoms with Crippen molar-refractivity contribution < 1.29 is 19.0 Å². The highest BCUT2D eigenvalue weighted by molar-refractivity contribution is 5.87. The number of carbonyl (C=O) groups excluding carboxylic acids is 1. The lowest BCUT2D eigenvalue weighted by molar-refractivity contribution is -0.176. The Morgan fingerprint density at radius 2 is 1.96 bits per heavy atom. The number of ether oxygens (including phenoxy) is 1. The summed E-state index contributed by atoms with van der Waals surface area (Å²) in [5, 5.41) is 10.7. The Bertz CT molecular complexity index is 537. The van der Waals surface area contributed by atoms with Gasteiger partial charge in [0.05, 0.1) is 12.2 Å². The predicted molar refractivity (Wildman–Crippen MR) is 89.3 cm³/mol. The first-order chi connectivity index (χ1) is 11.3. The average Bonchev–Trinajstić information content (AvgIpc) is 2.84. The molecular weight excluding hydrogens is 307 g/mol. The highest BCUT2D eigenvalue weighted by Crippen LogP contribution is 2.64. The second kappa shape index (κ2) is 5.51. The van der Waals surface area contributed by atoms with Gasteiger partial charge in [-0.15, -0.1) is 0 Å². The van der Waals surface area contributed by atoms with Gasteiger partial charge in [0, 0.05) is 18.9 Å². The molecule has 4 aliphatic carbocycles. The fourth-order valence-electron chi connectivity index (χ4n) is 7.04. The predicted octanol–water partition coefficient (Wildman–Crippen LogP) is 3.68. The fourth-order valence-corrected chi connectivity index (χ4v) is 7.04. The summed E-state index contributed by atoms with van der Waals surface area (Å²) in [5.74, 6) is 1.21. The molecule has 4 heteroatoms. The van der Waals surface area contributed by atoms with Crippen molar-refractivity contribution in [2.75, 3.05) is 13.7 Å². The summed E-state index contributed by atoms with van der Waals surface area (Å²) in [6.45, 7) is 2.45. The third kappa shape index (κ3) is 2.25. The number of hydrogen-bond acceptors (Lipinski definition) is 3. The Morgan fingerprint density at radius 3 is 2.71 bits per heavy atom. The van der Waals surface area contributed by atoms with Gasteiger partial charge in [-0.2, -0.15) is 0 Å². The van der Waals surface area contributed by atoms with Crippen LogP contribution in [0.15, 0.2) is 0 Å². The van der Waals surface area contributed by atoms with Crippen molar-refractivity contribution in [1.29, 1.82) is 0 Å². The number of methoxy groups -OCH3 is 1. The van der Waals surface area contributed by atoms with E-state index in [4.69, 9.17) is 4.74 Å². The van der Waals surface area contributed by atoms with Crippen molar-refractivity contribution in [1.82, 2.24) is 0 Å². The van der Waals surface area contributed by atoms with Gasteiger partial charge in [-0.3, -0.25) is 4.79 Å². The molecule has 0 aliphatic heterocycles.